The Hall–Kier alpha value is -0.0300. The normalized spacial score (nSPS) is 27.2. The minimum Gasteiger partial charge on any atom is -0.356 e. The van der Waals surface area contributed by atoms with Gasteiger partial charge in [-0.1, -0.05) is 0 Å². The summed E-state index contributed by atoms with van der Waals surface area (Å²) in [6, 6.07) is 0. The number of hydrogen-bond acceptors (Lipinski definition) is 3. The van der Waals surface area contributed by atoms with Crippen molar-refractivity contribution in [2.75, 3.05) is 46.3 Å². The van der Waals surface area contributed by atoms with E-state index < -0.39 is 4.33 Å². The molecule has 0 aromatic rings. The van der Waals surface area contributed by atoms with E-state index in [0.717, 1.165) is 52.1 Å². The average molecular weight is 308 g/mol. The van der Waals surface area contributed by atoms with E-state index in [1.54, 1.807) is 0 Å². The molecule has 1 amide bonds. The highest BCUT2D eigenvalue weighted by Gasteiger charge is 2.56. The molecule has 0 radical (unpaired) electrons. The molecule has 4 nitrogen and oxygen atoms in total. The summed E-state index contributed by atoms with van der Waals surface area (Å²) in [5.74, 6) is -0.196. The first-order valence-corrected chi connectivity index (χ1v) is 7.81. The number of amides is 1. The summed E-state index contributed by atoms with van der Waals surface area (Å²) in [5.41, 5.74) is 0. The average Bonchev–Trinajstić information content (AvgIpc) is 3.00. The van der Waals surface area contributed by atoms with Crippen molar-refractivity contribution in [3.63, 3.8) is 0 Å². The maximum Gasteiger partial charge on any atom is 0.226 e. The lowest BCUT2D eigenvalue weighted by atomic mass is 10.2. The molecule has 1 atom stereocenters. The first-order chi connectivity index (χ1) is 8.99. The van der Waals surface area contributed by atoms with E-state index in [-0.39, 0.29) is 11.8 Å². The molecule has 1 aliphatic carbocycles. The molecule has 1 aliphatic heterocycles. The Kier molecular flexibility index (Phi) is 5.35. The van der Waals surface area contributed by atoms with Crippen LogP contribution in [0.15, 0.2) is 0 Å². The van der Waals surface area contributed by atoms with Crippen LogP contribution in [0.4, 0.5) is 0 Å². The summed E-state index contributed by atoms with van der Waals surface area (Å²) < 4.78 is -0.802. The molecule has 1 unspecified atom stereocenters. The summed E-state index contributed by atoms with van der Waals surface area (Å²) in [7, 11) is 2.17. The van der Waals surface area contributed by atoms with Crippen LogP contribution in [0.1, 0.15) is 19.3 Å². The largest absolute Gasteiger partial charge is 0.356 e. The van der Waals surface area contributed by atoms with E-state index in [9.17, 15) is 4.79 Å². The van der Waals surface area contributed by atoms with Crippen LogP contribution in [0.25, 0.3) is 0 Å². The second kappa shape index (κ2) is 6.61. The minimum atomic E-state index is -0.802. The van der Waals surface area contributed by atoms with Gasteiger partial charge in [-0.05, 0) is 32.9 Å². The third kappa shape index (κ3) is 4.78. The number of nitrogens with one attached hydrogen (secondary N) is 1. The summed E-state index contributed by atoms with van der Waals surface area (Å²) in [4.78, 5) is 16.5. The van der Waals surface area contributed by atoms with Crippen molar-refractivity contribution >= 4 is 29.1 Å². The van der Waals surface area contributed by atoms with Gasteiger partial charge in [0, 0.05) is 32.7 Å². The zero-order chi connectivity index (χ0) is 13.9. The number of carbonyl (C=O) groups excluding carboxylic acids is 1. The van der Waals surface area contributed by atoms with Gasteiger partial charge in [0.05, 0.1) is 5.92 Å². The molecule has 2 aliphatic rings. The predicted octanol–water partition coefficient (Wildman–Crippen LogP) is 1.32. The van der Waals surface area contributed by atoms with Gasteiger partial charge in [0.1, 0.15) is 4.33 Å². The zero-order valence-electron chi connectivity index (χ0n) is 11.5. The van der Waals surface area contributed by atoms with Crippen molar-refractivity contribution in [3.8, 4) is 0 Å². The van der Waals surface area contributed by atoms with E-state index in [4.69, 9.17) is 23.2 Å². The molecule has 0 aromatic heterocycles. The van der Waals surface area contributed by atoms with E-state index in [2.05, 4.69) is 22.2 Å². The Labute approximate surface area is 125 Å². The van der Waals surface area contributed by atoms with Crippen molar-refractivity contribution in [3.05, 3.63) is 0 Å². The van der Waals surface area contributed by atoms with Crippen LogP contribution >= 0.6 is 23.2 Å². The van der Waals surface area contributed by atoms with Crippen molar-refractivity contribution in [2.45, 2.75) is 23.6 Å². The van der Waals surface area contributed by atoms with Crippen LogP contribution in [0.2, 0.25) is 0 Å². The van der Waals surface area contributed by atoms with Crippen LogP contribution in [-0.2, 0) is 4.79 Å². The molecule has 110 valence electrons. The van der Waals surface area contributed by atoms with Gasteiger partial charge in [-0.25, -0.2) is 0 Å². The molecule has 6 heteroatoms. The smallest absolute Gasteiger partial charge is 0.226 e. The molecule has 1 N–H and O–H groups in total. The Morgan fingerprint density at radius 1 is 1.26 bits per heavy atom. The molecule has 19 heavy (non-hydrogen) atoms. The maximum atomic E-state index is 11.6. The van der Waals surface area contributed by atoms with E-state index in [1.165, 1.54) is 0 Å². The molecular formula is C13H23Cl2N3O. The lowest BCUT2D eigenvalue weighted by Crippen LogP contribution is -2.44. The highest BCUT2D eigenvalue weighted by atomic mass is 35.5. The zero-order valence-corrected chi connectivity index (χ0v) is 13.0. The second-order valence-electron chi connectivity index (χ2n) is 5.66. The third-order valence-electron chi connectivity index (χ3n) is 3.94. The number of rotatable bonds is 6. The number of unbranched alkanes of at least 4 members (excludes halogenated alkanes) is 1. The first-order valence-electron chi connectivity index (χ1n) is 7.05. The Balaban J connectivity index is 1.47. The summed E-state index contributed by atoms with van der Waals surface area (Å²) in [6.45, 7) is 6.49. The summed E-state index contributed by atoms with van der Waals surface area (Å²) in [6.07, 6.45) is 2.73. The lowest BCUT2D eigenvalue weighted by Gasteiger charge is -2.32. The molecule has 2 rings (SSSR count). The standard InChI is InChI=1S/C13H23Cl2N3O/c1-17-6-8-18(9-7-17)5-3-2-4-16-12(19)11-10-13(11,14)15/h11H,2-10H2,1H3,(H,16,19). The highest BCUT2D eigenvalue weighted by molar-refractivity contribution is 6.52. The maximum absolute atomic E-state index is 11.6. The van der Waals surface area contributed by atoms with Gasteiger partial charge in [-0.2, -0.15) is 0 Å². The fraction of sp³-hybridized carbons (Fsp3) is 0.923. The fourth-order valence-corrected chi connectivity index (χ4v) is 2.87. The van der Waals surface area contributed by atoms with Gasteiger partial charge in [0.2, 0.25) is 5.91 Å². The third-order valence-corrected chi connectivity index (χ3v) is 4.77. The fourth-order valence-electron chi connectivity index (χ4n) is 2.36. The van der Waals surface area contributed by atoms with E-state index in [0.29, 0.717) is 6.42 Å². The van der Waals surface area contributed by atoms with Crippen LogP contribution in [0, 0.1) is 5.92 Å². The van der Waals surface area contributed by atoms with Gasteiger partial charge in [0.25, 0.3) is 0 Å². The van der Waals surface area contributed by atoms with Gasteiger partial charge in [-0.15, -0.1) is 23.2 Å². The number of carbonyl (C=O) groups is 1. The van der Waals surface area contributed by atoms with Crippen molar-refractivity contribution in [1.29, 1.82) is 0 Å². The van der Waals surface area contributed by atoms with Gasteiger partial charge >= 0.3 is 0 Å². The molecule has 1 saturated heterocycles. The number of likely N-dealkylation sites (N-methyl/N-ethyl adjacent to an activating group) is 1. The van der Waals surface area contributed by atoms with Crippen LogP contribution < -0.4 is 5.32 Å². The van der Waals surface area contributed by atoms with Gasteiger partial charge in [0.15, 0.2) is 0 Å². The number of halogens is 2. The number of alkyl halides is 2. The number of nitrogens with zero attached hydrogens (tertiary/aromatic N) is 2. The van der Waals surface area contributed by atoms with E-state index >= 15 is 0 Å². The number of hydrogen-bond donors (Lipinski definition) is 1. The van der Waals surface area contributed by atoms with Crippen molar-refractivity contribution in [1.82, 2.24) is 15.1 Å². The molecule has 1 heterocycles. The van der Waals surface area contributed by atoms with Gasteiger partial charge < -0.3 is 15.1 Å². The Morgan fingerprint density at radius 2 is 1.89 bits per heavy atom. The highest BCUT2D eigenvalue weighted by Crippen LogP contribution is 2.53. The Morgan fingerprint density at radius 3 is 2.47 bits per heavy atom. The van der Waals surface area contributed by atoms with Crippen molar-refractivity contribution in [2.24, 2.45) is 5.92 Å². The minimum absolute atomic E-state index is 0.00426. The number of piperazine rings is 1. The van der Waals surface area contributed by atoms with Gasteiger partial charge in [-0.3, -0.25) is 4.79 Å². The topological polar surface area (TPSA) is 35.6 Å². The molecule has 0 bridgehead atoms. The predicted molar refractivity (Wildman–Crippen MR) is 78.7 cm³/mol. The molecule has 1 saturated carbocycles. The molecule has 0 aromatic carbocycles. The Bertz CT molecular complexity index is 317. The molecular weight excluding hydrogens is 285 g/mol. The lowest BCUT2D eigenvalue weighted by molar-refractivity contribution is -0.122. The first kappa shape index (κ1) is 15.4. The summed E-state index contributed by atoms with van der Waals surface area (Å²) >= 11 is 11.7. The second-order valence-corrected chi connectivity index (χ2v) is 7.20. The quantitative estimate of drug-likeness (QED) is 0.594. The molecule has 2 fully saturated rings. The van der Waals surface area contributed by atoms with E-state index in [1.807, 2.05) is 0 Å². The molecule has 0 spiro atoms. The van der Waals surface area contributed by atoms with Crippen molar-refractivity contribution < 1.29 is 4.79 Å². The van der Waals surface area contributed by atoms with Crippen LogP contribution in [-0.4, -0.2) is 66.4 Å². The van der Waals surface area contributed by atoms with Crippen LogP contribution in [0.5, 0.6) is 0 Å². The SMILES string of the molecule is CN1CCN(CCCCNC(=O)C2CC2(Cl)Cl)CC1. The summed E-state index contributed by atoms with van der Waals surface area (Å²) in [5, 5.41) is 2.91. The van der Waals surface area contributed by atoms with Crippen LogP contribution in [0.3, 0.4) is 0 Å². The monoisotopic (exact) mass is 307 g/mol.